The van der Waals surface area contributed by atoms with Gasteiger partial charge >= 0.3 is 0 Å². The van der Waals surface area contributed by atoms with Gasteiger partial charge in [-0.15, -0.1) is 0 Å². The summed E-state index contributed by atoms with van der Waals surface area (Å²) < 4.78 is 0. The van der Waals surface area contributed by atoms with Gasteiger partial charge in [-0.2, -0.15) is 0 Å². The molecule has 0 amide bonds. The minimum atomic E-state index is 0.765. The Bertz CT molecular complexity index is 665. The smallest absolute Gasteiger partial charge is 0.0464 e. The van der Waals surface area contributed by atoms with Crippen molar-refractivity contribution in [3.63, 3.8) is 0 Å². The first-order valence-corrected chi connectivity index (χ1v) is 5.96. The van der Waals surface area contributed by atoms with Crippen LogP contribution in [-0.2, 0) is 0 Å². The van der Waals surface area contributed by atoms with Gasteiger partial charge in [-0.3, -0.25) is 0 Å². The maximum absolute atomic E-state index is 5.89. The molecule has 2 aromatic carbocycles. The number of halogens is 1. The average Bonchev–Trinajstić information content (AvgIpc) is 2.75. The zero-order chi connectivity index (χ0) is 11.8. The van der Waals surface area contributed by atoms with Crippen molar-refractivity contribution in [1.82, 2.24) is 4.98 Å². The molecule has 1 nitrogen and oxygen atoms in total. The molecule has 0 aliphatic rings. The van der Waals surface area contributed by atoms with Gasteiger partial charge in [0.15, 0.2) is 0 Å². The van der Waals surface area contributed by atoms with Crippen molar-refractivity contribution in [3.8, 4) is 11.3 Å². The Morgan fingerprint density at radius 2 is 1.76 bits per heavy atom. The van der Waals surface area contributed by atoms with Gasteiger partial charge in [0, 0.05) is 21.6 Å². The first-order chi connectivity index (χ1) is 8.24. The van der Waals surface area contributed by atoms with Crippen LogP contribution < -0.4 is 0 Å². The van der Waals surface area contributed by atoms with Crippen LogP contribution >= 0.6 is 11.6 Å². The lowest BCUT2D eigenvalue weighted by molar-refractivity contribution is 1.45. The van der Waals surface area contributed by atoms with Gasteiger partial charge in [0.05, 0.1) is 0 Å². The van der Waals surface area contributed by atoms with Gasteiger partial charge in [-0.1, -0.05) is 35.9 Å². The van der Waals surface area contributed by atoms with Crippen molar-refractivity contribution in [2.75, 3.05) is 0 Å². The Morgan fingerprint density at radius 3 is 2.47 bits per heavy atom. The largest absolute Gasteiger partial charge is 0.355 e. The maximum atomic E-state index is 5.89. The van der Waals surface area contributed by atoms with E-state index in [2.05, 4.69) is 36.2 Å². The number of hydrogen-bond acceptors (Lipinski definition) is 0. The van der Waals surface area contributed by atoms with Crippen LogP contribution in [0, 0.1) is 6.92 Å². The van der Waals surface area contributed by atoms with Crippen LogP contribution in [0.2, 0.25) is 5.02 Å². The highest BCUT2D eigenvalue weighted by atomic mass is 35.5. The van der Waals surface area contributed by atoms with E-state index < -0.39 is 0 Å². The second-order valence-corrected chi connectivity index (χ2v) is 4.66. The SMILES string of the molecule is Cc1cccc2[nH]c(-c3ccc(Cl)cc3)cc12. The highest BCUT2D eigenvalue weighted by molar-refractivity contribution is 6.30. The van der Waals surface area contributed by atoms with Gasteiger partial charge in [0.1, 0.15) is 0 Å². The quantitative estimate of drug-likeness (QED) is 0.630. The Morgan fingerprint density at radius 1 is 1.00 bits per heavy atom. The average molecular weight is 242 g/mol. The molecule has 0 radical (unpaired) electrons. The fourth-order valence-electron chi connectivity index (χ4n) is 2.09. The molecule has 0 fully saturated rings. The monoisotopic (exact) mass is 241 g/mol. The van der Waals surface area contributed by atoms with Crippen LogP contribution in [-0.4, -0.2) is 4.98 Å². The summed E-state index contributed by atoms with van der Waals surface area (Å²) in [6.07, 6.45) is 0. The number of aryl methyl sites for hydroxylation is 1. The van der Waals surface area contributed by atoms with Crippen LogP contribution in [0.5, 0.6) is 0 Å². The molecule has 0 aliphatic carbocycles. The fraction of sp³-hybridized carbons (Fsp3) is 0.0667. The number of H-pyrrole nitrogens is 1. The third kappa shape index (κ3) is 1.83. The molecule has 1 aromatic heterocycles. The number of hydrogen-bond donors (Lipinski definition) is 1. The standard InChI is InChI=1S/C15H12ClN/c1-10-3-2-4-14-13(10)9-15(17-14)11-5-7-12(16)8-6-11/h2-9,17H,1H3. The van der Waals surface area contributed by atoms with Crippen LogP contribution in [0.1, 0.15) is 5.56 Å². The van der Waals surface area contributed by atoms with Crippen LogP contribution in [0.3, 0.4) is 0 Å². The molecule has 0 saturated heterocycles. The van der Waals surface area contributed by atoms with E-state index >= 15 is 0 Å². The molecule has 1 N–H and O–H groups in total. The number of benzene rings is 2. The topological polar surface area (TPSA) is 15.8 Å². The molecule has 17 heavy (non-hydrogen) atoms. The molecule has 0 aliphatic heterocycles. The van der Waals surface area contributed by atoms with E-state index in [-0.39, 0.29) is 0 Å². The molecule has 84 valence electrons. The summed E-state index contributed by atoms with van der Waals surface area (Å²) >= 11 is 5.89. The summed E-state index contributed by atoms with van der Waals surface area (Å²) in [6.45, 7) is 2.13. The Hall–Kier alpha value is -1.73. The molecule has 1 heterocycles. The van der Waals surface area contributed by atoms with E-state index in [9.17, 15) is 0 Å². The first-order valence-electron chi connectivity index (χ1n) is 5.58. The lowest BCUT2D eigenvalue weighted by atomic mass is 10.1. The van der Waals surface area contributed by atoms with E-state index in [1.54, 1.807) is 0 Å². The molecular weight excluding hydrogens is 230 g/mol. The second-order valence-electron chi connectivity index (χ2n) is 4.23. The first kappa shape index (κ1) is 10.4. The lowest BCUT2D eigenvalue weighted by Gasteiger charge is -1.96. The van der Waals surface area contributed by atoms with Crippen molar-refractivity contribution in [1.29, 1.82) is 0 Å². The van der Waals surface area contributed by atoms with Gasteiger partial charge in [0.25, 0.3) is 0 Å². The van der Waals surface area contributed by atoms with E-state index in [4.69, 9.17) is 11.6 Å². The number of aromatic amines is 1. The summed E-state index contributed by atoms with van der Waals surface area (Å²) in [4.78, 5) is 3.43. The van der Waals surface area contributed by atoms with Crippen molar-refractivity contribution in [2.24, 2.45) is 0 Å². The fourth-order valence-corrected chi connectivity index (χ4v) is 2.22. The summed E-state index contributed by atoms with van der Waals surface area (Å²) in [6, 6.07) is 16.4. The third-order valence-electron chi connectivity index (χ3n) is 3.04. The highest BCUT2D eigenvalue weighted by Gasteiger charge is 2.04. The summed E-state index contributed by atoms with van der Waals surface area (Å²) in [5.41, 5.74) is 4.75. The van der Waals surface area contributed by atoms with Gasteiger partial charge in [0.2, 0.25) is 0 Å². The number of nitrogens with one attached hydrogen (secondary N) is 1. The zero-order valence-corrected chi connectivity index (χ0v) is 10.3. The van der Waals surface area contributed by atoms with Crippen molar-refractivity contribution in [2.45, 2.75) is 6.92 Å². The number of aromatic nitrogens is 1. The molecule has 0 spiro atoms. The summed E-state index contributed by atoms with van der Waals surface area (Å²) in [5.74, 6) is 0. The van der Waals surface area contributed by atoms with Gasteiger partial charge in [-0.25, -0.2) is 0 Å². The van der Waals surface area contributed by atoms with E-state index in [0.717, 1.165) is 16.3 Å². The molecule has 3 rings (SSSR count). The number of fused-ring (bicyclic) bond motifs is 1. The normalized spacial score (nSPS) is 10.9. The van der Waals surface area contributed by atoms with Crippen molar-refractivity contribution < 1.29 is 0 Å². The van der Waals surface area contributed by atoms with Crippen LogP contribution in [0.15, 0.2) is 48.5 Å². The minimum Gasteiger partial charge on any atom is -0.355 e. The third-order valence-corrected chi connectivity index (χ3v) is 3.29. The van der Waals surface area contributed by atoms with Gasteiger partial charge in [-0.05, 0) is 42.3 Å². The Labute approximate surface area is 105 Å². The molecular formula is C15H12ClN. The molecule has 0 unspecified atom stereocenters. The van der Waals surface area contributed by atoms with Crippen molar-refractivity contribution >= 4 is 22.5 Å². The maximum Gasteiger partial charge on any atom is 0.0464 e. The predicted octanol–water partition coefficient (Wildman–Crippen LogP) is 4.80. The highest BCUT2D eigenvalue weighted by Crippen LogP contribution is 2.26. The molecule has 0 bridgehead atoms. The predicted molar refractivity (Wildman–Crippen MR) is 73.5 cm³/mol. The number of rotatable bonds is 1. The van der Waals surface area contributed by atoms with Crippen LogP contribution in [0.4, 0.5) is 0 Å². The molecule has 0 saturated carbocycles. The molecule has 3 aromatic rings. The summed E-state index contributed by atoms with van der Waals surface area (Å²) in [5, 5.41) is 2.04. The van der Waals surface area contributed by atoms with E-state index in [0.29, 0.717) is 0 Å². The van der Waals surface area contributed by atoms with Crippen molar-refractivity contribution in [3.05, 3.63) is 59.1 Å². The zero-order valence-electron chi connectivity index (χ0n) is 9.50. The van der Waals surface area contributed by atoms with Gasteiger partial charge < -0.3 is 4.98 Å². The van der Waals surface area contributed by atoms with E-state index in [1.807, 2.05) is 24.3 Å². The Kier molecular flexibility index (Phi) is 2.41. The second kappa shape index (κ2) is 3.94. The summed E-state index contributed by atoms with van der Waals surface area (Å²) in [7, 11) is 0. The van der Waals surface area contributed by atoms with Crippen LogP contribution in [0.25, 0.3) is 22.2 Å². The molecule has 0 atom stereocenters. The lowest BCUT2D eigenvalue weighted by Crippen LogP contribution is -1.75. The minimum absolute atomic E-state index is 0.765. The van der Waals surface area contributed by atoms with E-state index in [1.165, 1.54) is 16.5 Å². The Balaban J connectivity index is 2.18. The molecule has 2 heteroatoms.